The topological polar surface area (TPSA) is 173 Å². The SMILES string of the molecule is Nc1ccc(Nc2nc(NCO[PH](=O)O)nc(Nc3ccc(N)cc3)n2)cc1. The number of anilines is 7. The Morgan fingerprint density at radius 2 is 1.25 bits per heavy atom. The fourth-order valence-corrected chi connectivity index (χ4v) is 2.32. The number of benzene rings is 2. The number of hydrogen-bond acceptors (Lipinski definition) is 10. The molecule has 0 fully saturated rings. The molecule has 1 unspecified atom stereocenters. The van der Waals surface area contributed by atoms with Crippen LogP contribution in [-0.2, 0) is 9.09 Å². The predicted octanol–water partition coefficient (Wildman–Crippen LogP) is 2.29. The molecule has 1 heterocycles. The van der Waals surface area contributed by atoms with Gasteiger partial charge in [-0.2, -0.15) is 15.0 Å². The molecule has 0 aliphatic carbocycles. The highest BCUT2D eigenvalue weighted by molar-refractivity contribution is 7.32. The minimum absolute atomic E-state index is 0.147. The summed E-state index contributed by atoms with van der Waals surface area (Å²) in [5, 5.41) is 8.79. The third-order valence-electron chi connectivity index (χ3n) is 3.39. The quantitative estimate of drug-likeness (QED) is 0.185. The molecule has 0 radical (unpaired) electrons. The van der Waals surface area contributed by atoms with E-state index in [4.69, 9.17) is 16.4 Å². The average Bonchev–Trinajstić information content (AvgIpc) is 2.65. The van der Waals surface area contributed by atoms with Gasteiger partial charge in [-0.1, -0.05) is 0 Å². The van der Waals surface area contributed by atoms with Crippen molar-refractivity contribution in [2.45, 2.75) is 0 Å². The molecule has 1 aromatic heterocycles. The smallest absolute Gasteiger partial charge is 0.318 e. The molecule has 28 heavy (non-hydrogen) atoms. The number of nitrogens with two attached hydrogens (primary N) is 2. The first-order valence-corrected chi connectivity index (χ1v) is 9.35. The lowest BCUT2D eigenvalue weighted by molar-refractivity contribution is 0.301. The van der Waals surface area contributed by atoms with E-state index in [1.54, 1.807) is 48.5 Å². The van der Waals surface area contributed by atoms with Gasteiger partial charge in [0.25, 0.3) is 0 Å². The summed E-state index contributed by atoms with van der Waals surface area (Å²) in [5.41, 5.74) is 14.1. The van der Waals surface area contributed by atoms with Gasteiger partial charge in [0, 0.05) is 22.7 Å². The Hall–Kier alpha value is -3.40. The van der Waals surface area contributed by atoms with Crippen LogP contribution in [0.4, 0.5) is 40.6 Å². The summed E-state index contributed by atoms with van der Waals surface area (Å²) in [7, 11) is -3.07. The van der Waals surface area contributed by atoms with Crippen LogP contribution >= 0.6 is 8.25 Å². The van der Waals surface area contributed by atoms with Crippen LogP contribution in [0.25, 0.3) is 0 Å². The Labute approximate surface area is 161 Å². The van der Waals surface area contributed by atoms with E-state index in [9.17, 15) is 4.57 Å². The molecule has 0 saturated heterocycles. The van der Waals surface area contributed by atoms with Gasteiger partial charge < -0.3 is 32.3 Å². The molecule has 2 aromatic carbocycles. The molecule has 1 atom stereocenters. The second-order valence-corrected chi connectivity index (χ2v) is 6.35. The number of nitrogens with zero attached hydrogens (tertiary/aromatic N) is 3. The van der Waals surface area contributed by atoms with E-state index in [-0.39, 0.29) is 24.6 Å². The largest absolute Gasteiger partial charge is 0.399 e. The van der Waals surface area contributed by atoms with Gasteiger partial charge in [-0.15, -0.1) is 0 Å². The lowest BCUT2D eigenvalue weighted by Crippen LogP contribution is -2.11. The second-order valence-electron chi connectivity index (χ2n) is 5.53. The Balaban J connectivity index is 1.82. The average molecular weight is 402 g/mol. The van der Waals surface area contributed by atoms with Crippen molar-refractivity contribution >= 4 is 48.8 Å². The molecule has 0 bridgehead atoms. The Morgan fingerprint density at radius 3 is 1.68 bits per heavy atom. The molecule has 0 amide bonds. The first kappa shape index (κ1) is 19.4. The van der Waals surface area contributed by atoms with E-state index >= 15 is 0 Å². The van der Waals surface area contributed by atoms with Crippen molar-refractivity contribution in [2.24, 2.45) is 0 Å². The maximum absolute atomic E-state index is 10.7. The summed E-state index contributed by atoms with van der Waals surface area (Å²) in [6, 6.07) is 14.1. The third kappa shape index (κ3) is 5.81. The molecule has 0 aliphatic rings. The van der Waals surface area contributed by atoms with Crippen LogP contribution in [-0.4, -0.2) is 26.6 Å². The number of nitrogen functional groups attached to an aromatic ring is 2. The summed E-state index contributed by atoms with van der Waals surface area (Å²) in [5.74, 6) is 0.642. The number of aromatic nitrogens is 3. The summed E-state index contributed by atoms with van der Waals surface area (Å²) in [6.45, 7) is -0.235. The molecule has 0 saturated carbocycles. The van der Waals surface area contributed by atoms with Crippen LogP contribution in [0.2, 0.25) is 0 Å². The van der Waals surface area contributed by atoms with E-state index in [0.717, 1.165) is 11.4 Å². The Bertz CT molecular complexity index is 887. The molecular weight excluding hydrogens is 383 g/mol. The fourth-order valence-electron chi connectivity index (χ4n) is 2.12. The zero-order valence-electron chi connectivity index (χ0n) is 14.6. The number of rotatable bonds is 8. The molecule has 0 aliphatic heterocycles. The zero-order valence-corrected chi connectivity index (χ0v) is 15.6. The van der Waals surface area contributed by atoms with Crippen LogP contribution in [0.5, 0.6) is 0 Å². The summed E-state index contributed by atoms with van der Waals surface area (Å²) >= 11 is 0. The summed E-state index contributed by atoms with van der Waals surface area (Å²) in [4.78, 5) is 21.5. The maximum Gasteiger partial charge on any atom is 0.318 e. The van der Waals surface area contributed by atoms with Gasteiger partial charge >= 0.3 is 8.25 Å². The molecule has 12 heteroatoms. The molecule has 3 aromatic rings. The Morgan fingerprint density at radius 1 is 0.821 bits per heavy atom. The van der Waals surface area contributed by atoms with Crippen molar-refractivity contribution in [1.82, 2.24) is 15.0 Å². The zero-order chi connectivity index (χ0) is 19.9. The summed E-state index contributed by atoms with van der Waals surface area (Å²) in [6.07, 6.45) is 0. The molecule has 8 N–H and O–H groups in total. The minimum Gasteiger partial charge on any atom is -0.399 e. The highest BCUT2D eigenvalue weighted by Crippen LogP contribution is 2.20. The van der Waals surface area contributed by atoms with Gasteiger partial charge in [0.15, 0.2) is 0 Å². The van der Waals surface area contributed by atoms with Crippen molar-refractivity contribution in [2.75, 3.05) is 34.1 Å². The predicted molar refractivity (Wildman–Crippen MR) is 109 cm³/mol. The first-order valence-electron chi connectivity index (χ1n) is 8.09. The van der Waals surface area contributed by atoms with Crippen molar-refractivity contribution in [3.63, 3.8) is 0 Å². The van der Waals surface area contributed by atoms with Crippen molar-refractivity contribution in [3.8, 4) is 0 Å². The Kier molecular flexibility index (Phi) is 6.22. The van der Waals surface area contributed by atoms with Crippen LogP contribution in [0.1, 0.15) is 0 Å². The van der Waals surface area contributed by atoms with E-state index < -0.39 is 8.25 Å². The van der Waals surface area contributed by atoms with Gasteiger partial charge in [0.1, 0.15) is 6.73 Å². The highest BCUT2D eigenvalue weighted by Gasteiger charge is 2.08. The van der Waals surface area contributed by atoms with E-state index in [1.165, 1.54) is 0 Å². The highest BCUT2D eigenvalue weighted by atomic mass is 31.1. The first-order chi connectivity index (χ1) is 13.5. The molecular formula is C16H19N8O3P. The van der Waals surface area contributed by atoms with Crippen LogP contribution < -0.4 is 27.4 Å². The minimum atomic E-state index is -3.07. The van der Waals surface area contributed by atoms with Gasteiger partial charge in [-0.05, 0) is 48.5 Å². The van der Waals surface area contributed by atoms with E-state index in [1.807, 2.05) is 0 Å². The van der Waals surface area contributed by atoms with Crippen LogP contribution in [0.15, 0.2) is 48.5 Å². The van der Waals surface area contributed by atoms with E-state index in [2.05, 4.69) is 35.4 Å². The van der Waals surface area contributed by atoms with Gasteiger partial charge in [0.2, 0.25) is 17.8 Å². The number of nitrogens with one attached hydrogen (secondary N) is 3. The molecule has 3 rings (SSSR count). The van der Waals surface area contributed by atoms with Crippen molar-refractivity contribution < 1.29 is 14.0 Å². The lowest BCUT2D eigenvalue weighted by atomic mass is 10.3. The van der Waals surface area contributed by atoms with Crippen molar-refractivity contribution in [1.29, 1.82) is 0 Å². The normalized spacial score (nSPS) is 11.6. The molecule has 0 spiro atoms. The van der Waals surface area contributed by atoms with Crippen molar-refractivity contribution in [3.05, 3.63) is 48.5 Å². The molecule has 146 valence electrons. The van der Waals surface area contributed by atoms with Crippen LogP contribution in [0.3, 0.4) is 0 Å². The standard InChI is InChI=1S/C16H19N8O3P/c17-10-1-5-12(6-2-10)20-15-22-14(19-9-27-28(25)26)23-16(24-15)21-13-7-3-11(18)4-8-13/h1-8,28H,9,17-18H2,(H,25,26)(H3,19,20,21,22,23,24). The lowest BCUT2D eigenvalue weighted by Gasteiger charge is -2.11. The van der Waals surface area contributed by atoms with Gasteiger partial charge in [0.05, 0.1) is 0 Å². The molecule has 11 nitrogen and oxygen atoms in total. The fraction of sp³-hybridized carbons (Fsp3) is 0.0625. The third-order valence-corrected chi connectivity index (χ3v) is 3.79. The second kappa shape index (κ2) is 9.00. The summed E-state index contributed by atoms with van der Waals surface area (Å²) < 4.78 is 15.3. The van der Waals surface area contributed by atoms with Crippen LogP contribution in [0, 0.1) is 0 Å². The maximum atomic E-state index is 10.7. The van der Waals surface area contributed by atoms with Gasteiger partial charge in [-0.3, -0.25) is 9.09 Å². The number of hydrogen-bond donors (Lipinski definition) is 6. The van der Waals surface area contributed by atoms with Gasteiger partial charge in [-0.25, -0.2) is 0 Å². The monoisotopic (exact) mass is 402 g/mol. The van der Waals surface area contributed by atoms with E-state index in [0.29, 0.717) is 11.4 Å².